The number of rotatable bonds is 8. The molecule has 1 fully saturated rings. The van der Waals surface area contributed by atoms with E-state index >= 15 is 0 Å². The number of nitrogens with zero attached hydrogens (tertiary/aromatic N) is 3. The standard InChI is InChI=1S/C29H32N4O/c30-29-12-6-11-27(31-29)25-13-14-28(26-10-5-4-9-24(25)26)34-22-21-33-19-17-32(18-20-33)16-15-23-7-2-1-3-8-23/h1-14H,15-22H2,(H2,30,31). The summed E-state index contributed by atoms with van der Waals surface area (Å²) in [6.07, 6.45) is 1.12. The number of pyridine rings is 1. The summed E-state index contributed by atoms with van der Waals surface area (Å²) in [5, 5.41) is 2.24. The van der Waals surface area contributed by atoms with Gasteiger partial charge in [0.1, 0.15) is 18.2 Å². The van der Waals surface area contributed by atoms with E-state index < -0.39 is 0 Å². The fraction of sp³-hybridized carbons (Fsp3) is 0.276. The van der Waals surface area contributed by atoms with Crippen LogP contribution in [0.25, 0.3) is 22.0 Å². The minimum Gasteiger partial charge on any atom is -0.492 e. The molecule has 0 atom stereocenters. The molecule has 4 aromatic rings. The van der Waals surface area contributed by atoms with Crippen LogP contribution in [0.2, 0.25) is 0 Å². The molecule has 5 nitrogen and oxygen atoms in total. The van der Waals surface area contributed by atoms with Gasteiger partial charge in [0.25, 0.3) is 0 Å². The van der Waals surface area contributed by atoms with E-state index in [4.69, 9.17) is 10.5 Å². The molecule has 0 aliphatic carbocycles. The van der Waals surface area contributed by atoms with Gasteiger partial charge in [-0.15, -0.1) is 0 Å². The van der Waals surface area contributed by atoms with Gasteiger partial charge in [-0.2, -0.15) is 0 Å². The van der Waals surface area contributed by atoms with Gasteiger partial charge >= 0.3 is 0 Å². The monoisotopic (exact) mass is 452 g/mol. The average molecular weight is 453 g/mol. The second kappa shape index (κ2) is 10.7. The molecule has 5 heteroatoms. The zero-order valence-electron chi connectivity index (χ0n) is 19.6. The Morgan fingerprint density at radius 2 is 1.41 bits per heavy atom. The number of benzene rings is 3. The number of anilines is 1. The highest BCUT2D eigenvalue weighted by Gasteiger charge is 2.17. The molecule has 2 N–H and O–H groups in total. The highest BCUT2D eigenvalue weighted by Crippen LogP contribution is 2.34. The van der Waals surface area contributed by atoms with E-state index in [1.165, 1.54) is 5.56 Å². The molecule has 0 spiro atoms. The van der Waals surface area contributed by atoms with E-state index in [0.29, 0.717) is 12.4 Å². The normalized spacial score (nSPS) is 14.9. The number of piperazine rings is 1. The van der Waals surface area contributed by atoms with Crippen molar-refractivity contribution in [2.24, 2.45) is 0 Å². The molecule has 174 valence electrons. The lowest BCUT2D eigenvalue weighted by molar-refractivity contribution is 0.118. The highest BCUT2D eigenvalue weighted by molar-refractivity contribution is 5.99. The van der Waals surface area contributed by atoms with E-state index in [1.54, 1.807) is 0 Å². The lowest BCUT2D eigenvalue weighted by atomic mass is 10.0. The number of nitrogens with two attached hydrogens (primary N) is 1. The molecule has 3 aromatic carbocycles. The first-order valence-electron chi connectivity index (χ1n) is 12.1. The van der Waals surface area contributed by atoms with Crippen LogP contribution in [0.5, 0.6) is 5.75 Å². The van der Waals surface area contributed by atoms with Crippen LogP contribution in [0.4, 0.5) is 5.82 Å². The Bertz CT molecular complexity index is 1220. The fourth-order valence-electron chi connectivity index (χ4n) is 4.68. The smallest absolute Gasteiger partial charge is 0.127 e. The van der Waals surface area contributed by atoms with Crippen molar-refractivity contribution >= 4 is 16.6 Å². The summed E-state index contributed by atoms with van der Waals surface area (Å²) in [6.45, 7) is 7.20. The lowest BCUT2D eigenvalue weighted by Crippen LogP contribution is -2.47. The summed E-state index contributed by atoms with van der Waals surface area (Å²) in [4.78, 5) is 9.59. The molecule has 0 radical (unpaired) electrons. The lowest BCUT2D eigenvalue weighted by Gasteiger charge is -2.34. The van der Waals surface area contributed by atoms with Crippen molar-refractivity contribution in [3.8, 4) is 17.0 Å². The number of nitrogen functional groups attached to an aromatic ring is 1. The predicted octanol–water partition coefficient (Wildman–Crippen LogP) is 4.72. The number of hydrogen-bond donors (Lipinski definition) is 1. The van der Waals surface area contributed by atoms with E-state index in [2.05, 4.69) is 81.5 Å². The predicted molar refractivity (Wildman–Crippen MR) is 140 cm³/mol. The molecule has 1 aliphatic rings. The SMILES string of the molecule is Nc1cccc(-c2ccc(OCCN3CCN(CCc4ccccc4)CC3)c3ccccc23)n1. The highest BCUT2D eigenvalue weighted by atomic mass is 16.5. The second-order valence-electron chi connectivity index (χ2n) is 8.87. The molecule has 0 saturated carbocycles. The molecular weight excluding hydrogens is 420 g/mol. The van der Waals surface area contributed by atoms with Gasteiger partial charge in [-0.3, -0.25) is 4.90 Å². The Morgan fingerprint density at radius 1 is 0.706 bits per heavy atom. The summed E-state index contributed by atoms with van der Waals surface area (Å²) in [5.74, 6) is 1.45. The molecule has 2 heterocycles. The van der Waals surface area contributed by atoms with Gasteiger partial charge in [0.2, 0.25) is 0 Å². The number of aromatic nitrogens is 1. The van der Waals surface area contributed by atoms with Crippen LogP contribution >= 0.6 is 0 Å². The fourth-order valence-corrected chi connectivity index (χ4v) is 4.68. The van der Waals surface area contributed by atoms with E-state index in [-0.39, 0.29) is 0 Å². The van der Waals surface area contributed by atoms with Gasteiger partial charge in [-0.25, -0.2) is 4.98 Å². The van der Waals surface area contributed by atoms with Crippen LogP contribution in [0.3, 0.4) is 0 Å². The number of ether oxygens (including phenoxy) is 1. The second-order valence-corrected chi connectivity index (χ2v) is 8.87. The molecular formula is C29H32N4O. The van der Waals surface area contributed by atoms with Crippen LogP contribution < -0.4 is 10.5 Å². The van der Waals surface area contributed by atoms with Crippen molar-refractivity contribution in [2.75, 3.05) is 51.6 Å². The average Bonchev–Trinajstić information content (AvgIpc) is 2.89. The van der Waals surface area contributed by atoms with Crippen LogP contribution in [0.15, 0.2) is 84.9 Å². The molecule has 5 rings (SSSR count). The Hall–Kier alpha value is -3.41. The van der Waals surface area contributed by atoms with Crippen LogP contribution in [0, 0.1) is 0 Å². The first kappa shape index (κ1) is 22.4. The third-order valence-electron chi connectivity index (χ3n) is 6.62. The van der Waals surface area contributed by atoms with Crippen molar-refractivity contribution in [1.82, 2.24) is 14.8 Å². The maximum Gasteiger partial charge on any atom is 0.127 e. The zero-order valence-corrected chi connectivity index (χ0v) is 19.6. The molecule has 0 unspecified atom stereocenters. The summed E-state index contributed by atoms with van der Waals surface area (Å²) in [5.41, 5.74) is 9.29. The third-order valence-corrected chi connectivity index (χ3v) is 6.62. The van der Waals surface area contributed by atoms with Gasteiger partial charge < -0.3 is 15.4 Å². The quantitative estimate of drug-likeness (QED) is 0.419. The first-order chi connectivity index (χ1) is 16.8. The maximum absolute atomic E-state index is 6.27. The largest absolute Gasteiger partial charge is 0.492 e. The van der Waals surface area contributed by atoms with E-state index in [1.807, 2.05) is 18.2 Å². The van der Waals surface area contributed by atoms with E-state index in [9.17, 15) is 0 Å². The van der Waals surface area contributed by atoms with Gasteiger partial charge in [0, 0.05) is 50.2 Å². The van der Waals surface area contributed by atoms with Gasteiger partial charge in [-0.05, 0) is 41.6 Å². The molecule has 1 aromatic heterocycles. The molecule has 0 bridgehead atoms. The molecule has 34 heavy (non-hydrogen) atoms. The van der Waals surface area contributed by atoms with Gasteiger partial charge in [0.05, 0.1) is 5.69 Å². The van der Waals surface area contributed by atoms with Crippen molar-refractivity contribution in [2.45, 2.75) is 6.42 Å². The van der Waals surface area contributed by atoms with Crippen molar-refractivity contribution in [3.63, 3.8) is 0 Å². The minimum atomic E-state index is 0.530. The first-order valence-corrected chi connectivity index (χ1v) is 12.1. The summed E-state index contributed by atoms with van der Waals surface area (Å²) < 4.78 is 6.27. The van der Waals surface area contributed by atoms with Crippen LogP contribution in [0.1, 0.15) is 5.56 Å². The van der Waals surface area contributed by atoms with Crippen molar-refractivity contribution in [1.29, 1.82) is 0 Å². The third kappa shape index (κ3) is 5.38. The summed E-state index contributed by atoms with van der Waals surface area (Å²) in [7, 11) is 0. The zero-order chi connectivity index (χ0) is 23.2. The van der Waals surface area contributed by atoms with Gasteiger partial charge in [-0.1, -0.05) is 60.7 Å². The summed E-state index contributed by atoms with van der Waals surface area (Å²) in [6, 6.07) is 29.0. The topological polar surface area (TPSA) is 54.6 Å². The Kier molecular flexibility index (Phi) is 7.03. The summed E-state index contributed by atoms with van der Waals surface area (Å²) >= 11 is 0. The van der Waals surface area contributed by atoms with E-state index in [0.717, 1.165) is 73.5 Å². The minimum absolute atomic E-state index is 0.530. The van der Waals surface area contributed by atoms with Gasteiger partial charge in [0.15, 0.2) is 0 Å². The number of fused-ring (bicyclic) bond motifs is 1. The number of hydrogen-bond acceptors (Lipinski definition) is 5. The van der Waals surface area contributed by atoms with Crippen molar-refractivity contribution < 1.29 is 4.74 Å². The Morgan fingerprint density at radius 3 is 2.18 bits per heavy atom. The van der Waals surface area contributed by atoms with Crippen molar-refractivity contribution in [3.05, 3.63) is 90.5 Å². The maximum atomic E-state index is 6.27. The molecule has 1 aliphatic heterocycles. The molecule has 1 saturated heterocycles. The molecule has 0 amide bonds. The Labute approximate surface area is 201 Å². The van der Waals surface area contributed by atoms with Crippen LogP contribution in [-0.4, -0.2) is 60.7 Å². The Balaban J connectivity index is 1.15. The van der Waals surface area contributed by atoms with Crippen LogP contribution in [-0.2, 0) is 6.42 Å².